The fourth-order valence-electron chi connectivity index (χ4n) is 2.16. The maximum Gasteiger partial charge on any atom is 0.0985 e. The molecule has 23 heavy (non-hydrogen) atoms. The van der Waals surface area contributed by atoms with Gasteiger partial charge in [-0.25, -0.2) is 0 Å². The lowest BCUT2D eigenvalue weighted by Crippen LogP contribution is -2.07. The molecule has 2 rings (SSSR count). The second kappa shape index (κ2) is 10.6. The molecule has 1 unspecified atom stereocenters. The minimum absolute atomic E-state index is 0.405. The van der Waals surface area contributed by atoms with Gasteiger partial charge in [-0.2, -0.15) is 0 Å². The number of aliphatic hydroxyl groups is 1. The average Bonchev–Trinajstić information content (AvgIpc) is 2.62. The molecule has 2 aromatic carbocycles. The monoisotopic (exact) mass is 312 g/mol. The van der Waals surface area contributed by atoms with Crippen LogP contribution in [0.25, 0.3) is 0 Å². The molecule has 0 fully saturated rings. The summed E-state index contributed by atoms with van der Waals surface area (Å²) in [6, 6.07) is 17.5. The van der Waals surface area contributed by atoms with Crippen molar-refractivity contribution in [2.45, 2.75) is 39.7 Å². The van der Waals surface area contributed by atoms with Gasteiger partial charge in [-0.15, -0.1) is 0 Å². The van der Waals surface area contributed by atoms with E-state index in [2.05, 4.69) is 11.9 Å². The predicted molar refractivity (Wildman–Crippen MR) is 99.9 cm³/mol. The van der Waals surface area contributed by atoms with Crippen molar-refractivity contribution in [2.24, 2.45) is 4.99 Å². The van der Waals surface area contributed by atoms with Gasteiger partial charge >= 0.3 is 0 Å². The lowest BCUT2D eigenvalue weighted by Gasteiger charge is -2.10. The van der Waals surface area contributed by atoms with Gasteiger partial charge in [-0.05, 0) is 29.7 Å². The summed E-state index contributed by atoms with van der Waals surface area (Å²) in [6.07, 6.45) is 1.14. The van der Waals surface area contributed by atoms with Crippen LogP contribution in [0.2, 0.25) is 0 Å². The molecule has 3 nitrogen and oxygen atoms in total. The van der Waals surface area contributed by atoms with E-state index in [1.54, 1.807) is 0 Å². The van der Waals surface area contributed by atoms with E-state index in [4.69, 9.17) is 5.73 Å². The van der Waals surface area contributed by atoms with Crippen molar-refractivity contribution in [3.05, 3.63) is 65.7 Å². The first-order valence-electron chi connectivity index (χ1n) is 8.28. The summed E-state index contributed by atoms with van der Waals surface area (Å²) >= 11 is 0. The summed E-state index contributed by atoms with van der Waals surface area (Å²) in [5.74, 6) is 0. The molecule has 0 aromatic heterocycles. The second-order valence-corrected chi connectivity index (χ2v) is 5.11. The Balaban J connectivity index is 0.00000127. The molecule has 0 aliphatic rings. The molecule has 1 atom stereocenters. The number of nitrogens with zero attached hydrogens (tertiary/aromatic N) is 1. The first-order valence-corrected chi connectivity index (χ1v) is 8.28. The number of nitrogens with two attached hydrogens (primary N) is 1. The summed E-state index contributed by atoms with van der Waals surface area (Å²) in [5.41, 5.74) is 9.65. The zero-order chi connectivity index (χ0) is 17.1. The number of aliphatic imine (C=N–C) groups is 1. The summed E-state index contributed by atoms with van der Waals surface area (Å²) in [5, 5.41) is 10.1. The molecule has 0 saturated carbocycles. The second-order valence-electron chi connectivity index (χ2n) is 5.11. The Hall–Kier alpha value is -2.13. The number of aliphatic hydroxyl groups excluding tert-OH is 1. The quantitative estimate of drug-likeness (QED) is 0.612. The van der Waals surface area contributed by atoms with Gasteiger partial charge in [0.2, 0.25) is 0 Å². The number of nitrogen functional groups attached to an aromatic ring is 1. The van der Waals surface area contributed by atoms with Gasteiger partial charge in [0.25, 0.3) is 0 Å². The molecule has 0 heterocycles. The molecular weight excluding hydrogens is 284 g/mol. The standard InChI is InChI=1S/C18H22N2O.C2H6/c1-2-17(12-14-8-10-16(19)11-9-14)20-13-18(21)15-6-4-3-5-7-15;1-2/h3-11,18,21H,2,12-13,19H2,1H3;1-2H3. The SMILES string of the molecule is CC.CCC(Cc1ccc(N)cc1)=NCC(O)c1ccccc1. The van der Waals surface area contributed by atoms with Crippen LogP contribution in [0.5, 0.6) is 0 Å². The zero-order valence-electron chi connectivity index (χ0n) is 14.4. The van der Waals surface area contributed by atoms with E-state index in [1.165, 1.54) is 5.56 Å². The highest BCUT2D eigenvalue weighted by Crippen LogP contribution is 2.13. The maximum atomic E-state index is 10.1. The van der Waals surface area contributed by atoms with E-state index >= 15 is 0 Å². The van der Waals surface area contributed by atoms with E-state index in [0.29, 0.717) is 6.54 Å². The highest BCUT2D eigenvalue weighted by atomic mass is 16.3. The number of benzene rings is 2. The van der Waals surface area contributed by atoms with Gasteiger partial charge in [0, 0.05) is 17.8 Å². The summed E-state index contributed by atoms with van der Waals surface area (Å²) in [4.78, 5) is 4.57. The van der Waals surface area contributed by atoms with Crippen LogP contribution in [0, 0.1) is 0 Å². The van der Waals surface area contributed by atoms with Crippen molar-refractivity contribution in [3.8, 4) is 0 Å². The van der Waals surface area contributed by atoms with Gasteiger partial charge in [-0.3, -0.25) is 4.99 Å². The Morgan fingerprint density at radius 1 is 1.04 bits per heavy atom. The Labute approximate surface area is 139 Å². The molecule has 2 aromatic rings. The van der Waals surface area contributed by atoms with Crippen LogP contribution >= 0.6 is 0 Å². The van der Waals surface area contributed by atoms with Gasteiger partial charge < -0.3 is 10.8 Å². The largest absolute Gasteiger partial charge is 0.399 e. The normalized spacial score (nSPS) is 12.3. The van der Waals surface area contributed by atoms with Crippen LogP contribution in [0.4, 0.5) is 5.69 Å². The molecule has 0 aliphatic carbocycles. The number of hydrogen-bond donors (Lipinski definition) is 2. The van der Waals surface area contributed by atoms with E-state index < -0.39 is 6.10 Å². The first-order chi connectivity index (χ1) is 11.2. The van der Waals surface area contributed by atoms with Crippen molar-refractivity contribution in [2.75, 3.05) is 12.3 Å². The molecule has 0 amide bonds. The Bertz CT molecular complexity index is 576. The first kappa shape index (κ1) is 18.9. The van der Waals surface area contributed by atoms with Gasteiger partial charge in [0.05, 0.1) is 12.6 Å². The number of anilines is 1. The highest BCUT2D eigenvalue weighted by Gasteiger charge is 2.06. The zero-order valence-corrected chi connectivity index (χ0v) is 14.4. The van der Waals surface area contributed by atoms with Crippen LogP contribution in [-0.4, -0.2) is 17.4 Å². The van der Waals surface area contributed by atoms with Gasteiger partial charge in [0.15, 0.2) is 0 Å². The van der Waals surface area contributed by atoms with Crippen molar-refractivity contribution in [1.82, 2.24) is 0 Å². The Morgan fingerprint density at radius 2 is 1.65 bits per heavy atom. The highest BCUT2D eigenvalue weighted by molar-refractivity contribution is 5.86. The van der Waals surface area contributed by atoms with Crippen LogP contribution < -0.4 is 5.73 Å². The summed E-state index contributed by atoms with van der Waals surface area (Å²) in [7, 11) is 0. The molecule has 0 aliphatic heterocycles. The molecular formula is C20H28N2O. The Kier molecular flexibility index (Phi) is 8.70. The lowest BCUT2D eigenvalue weighted by molar-refractivity contribution is 0.187. The third-order valence-electron chi connectivity index (χ3n) is 3.47. The van der Waals surface area contributed by atoms with Crippen molar-refractivity contribution >= 4 is 11.4 Å². The predicted octanol–water partition coefficient (Wildman–Crippen LogP) is 4.42. The van der Waals surface area contributed by atoms with E-state index in [0.717, 1.165) is 29.8 Å². The third kappa shape index (κ3) is 6.66. The van der Waals surface area contributed by atoms with Gasteiger partial charge in [0.1, 0.15) is 0 Å². The van der Waals surface area contributed by atoms with Crippen LogP contribution in [0.1, 0.15) is 44.4 Å². The van der Waals surface area contributed by atoms with E-state index in [9.17, 15) is 5.11 Å². The molecule has 3 heteroatoms. The molecule has 0 bridgehead atoms. The van der Waals surface area contributed by atoms with Crippen molar-refractivity contribution in [3.63, 3.8) is 0 Å². The minimum Gasteiger partial charge on any atom is -0.399 e. The van der Waals surface area contributed by atoms with Crippen LogP contribution in [-0.2, 0) is 6.42 Å². The van der Waals surface area contributed by atoms with E-state index in [-0.39, 0.29) is 0 Å². The molecule has 0 spiro atoms. The van der Waals surface area contributed by atoms with Crippen molar-refractivity contribution in [1.29, 1.82) is 0 Å². The molecule has 124 valence electrons. The van der Waals surface area contributed by atoms with E-state index in [1.807, 2.05) is 68.4 Å². The number of hydrogen-bond acceptors (Lipinski definition) is 3. The molecule has 0 radical (unpaired) electrons. The third-order valence-corrected chi connectivity index (χ3v) is 3.47. The maximum absolute atomic E-state index is 10.1. The fraction of sp³-hybridized carbons (Fsp3) is 0.350. The fourth-order valence-corrected chi connectivity index (χ4v) is 2.16. The topological polar surface area (TPSA) is 58.6 Å². The summed E-state index contributed by atoms with van der Waals surface area (Å²) in [6.45, 7) is 6.49. The Morgan fingerprint density at radius 3 is 2.22 bits per heavy atom. The number of rotatable bonds is 6. The van der Waals surface area contributed by atoms with Crippen LogP contribution in [0.3, 0.4) is 0 Å². The van der Waals surface area contributed by atoms with Crippen molar-refractivity contribution < 1.29 is 5.11 Å². The van der Waals surface area contributed by atoms with Crippen LogP contribution in [0.15, 0.2) is 59.6 Å². The average molecular weight is 312 g/mol. The minimum atomic E-state index is -0.542. The van der Waals surface area contributed by atoms with Gasteiger partial charge in [-0.1, -0.05) is 63.2 Å². The molecule has 0 saturated heterocycles. The molecule has 3 N–H and O–H groups in total. The summed E-state index contributed by atoms with van der Waals surface area (Å²) < 4.78 is 0. The smallest absolute Gasteiger partial charge is 0.0985 e. The lowest BCUT2D eigenvalue weighted by atomic mass is 10.1.